The van der Waals surface area contributed by atoms with Crippen LogP contribution in [-0.2, 0) is 0 Å². The van der Waals surface area contributed by atoms with Crippen LogP contribution in [0.25, 0.3) is 0 Å². The highest BCUT2D eigenvalue weighted by Crippen LogP contribution is 2.00. The standard InChI is InChI=1S/C7H13N7/c1-4-3-5(2)14(13-4)7(10)12-11-6(8)9/h3H,1-2H3,(H2,10,12)(H4,8,9,11). The van der Waals surface area contributed by atoms with Gasteiger partial charge in [-0.3, -0.25) is 0 Å². The number of rotatable bonds is 1. The van der Waals surface area contributed by atoms with E-state index in [4.69, 9.17) is 17.2 Å². The first-order valence-corrected chi connectivity index (χ1v) is 3.96. The number of hydrogen-bond donors (Lipinski definition) is 3. The van der Waals surface area contributed by atoms with Gasteiger partial charge in [-0.05, 0) is 19.9 Å². The molecule has 1 heterocycles. The van der Waals surface area contributed by atoms with Gasteiger partial charge in [0, 0.05) is 5.69 Å². The Morgan fingerprint density at radius 2 is 1.93 bits per heavy atom. The van der Waals surface area contributed by atoms with Crippen molar-refractivity contribution in [3.8, 4) is 0 Å². The lowest BCUT2D eigenvalue weighted by Crippen LogP contribution is -2.26. The van der Waals surface area contributed by atoms with Gasteiger partial charge in [0.1, 0.15) is 0 Å². The van der Waals surface area contributed by atoms with Gasteiger partial charge in [0.05, 0.1) is 5.69 Å². The third kappa shape index (κ3) is 2.22. The number of nitrogens with zero attached hydrogens (tertiary/aromatic N) is 4. The molecule has 1 aromatic rings. The number of aryl methyl sites for hydroxylation is 2. The fourth-order valence-corrected chi connectivity index (χ4v) is 1.01. The topological polar surface area (TPSA) is 121 Å². The average Bonchev–Trinajstić information content (AvgIpc) is 2.41. The van der Waals surface area contributed by atoms with Crippen LogP contribution in [0.1, 0.15) is 11.4 Å². The molecule has 7 heteroatoms. The fraction of sp³-hybridized carbons (Fsp3) is 0.286. The number of guanidine groups is 1. The second-order valence-corrected chi connectivity index (χ2v) is 2.82. The highest BCUT2D eigenvalue weighted by molar-refractivity contribution is 5.82. The molecule has 14 heavy (non-hydrogen) atoms. The molecule has 0 aromatic carbocycles. The van der Waals surface area contributed by atoms with Crippen LogP contribution in [0.5, 0.6) is 0 Å². The number of hydrogen-bond acceptors (Lipinski definition) is 3. The van der Waals surface area contributed by atoms with E-state index in [1.165, 1.54) is 4.68 Å². The molecule has 1 aromatic heterocycles. The van der Waals surface area contributed by atoms with E-state index in [-0.39, 0.29) is 11.9 Å². The van der Waals surface area contributed by atoms with Gasteiger partial charge in [-0.2, -0.15) is 5.10 Å². The molecule has 1 rings (SSSR count). The minimum Gasteiger partial charge on any atom is -0.369 e. The molecule has 0 saturated heterocycles. The Balaban J connectivity index is 3.00. The summed E-state index contributed by atoms with van der Waals surface area (Å²) in [5.74, 6) is -0.0153. The largest absolute Gasteiger partial charge is 0.369 e. The predicted molar refractivity (Wildman–Crippen MR) is 54.5 cm³/mol. The molecule has 0 radical (unpaired) electrons. The van der Waals surface area contributed by atoms with E-state index in [1.54, 1.807) is 0 Å². The molecule has 0 saturated carbocycles. The van der Waals surface area contributed by atoms with Crippen LogP contribution in [0.15, 0.2) is 16.3 Å². The summed E-state index contributed by atoms with van der Waals surface area (Å²) >= 11 is 0. The molecule has 0 aliphatic heterocycles. The van der Waals surface area contributed by atoms with Crippen LogP contribution >= 0.6 is 0 Å². The van der Waals surface area contributed by atoms with Crippen molar-refractivity contribution in [2.24, 2.45) is 27.4 Å². The summed E-state index contributed by atoms with van der Waals surface area (Å²) in [6, 6.07) is 1.87. The molecule has 7 nitrogen and oxygen atoms in total. The fourth-order valence-electron chi connectivity index (χ4n) is 1.01. The van der Waals surface area contributed by atoms with Gasteiger partial charge >= 0.3 is 0 Å². The van der Waals surface area contributed by atoms with Crippen molar-refractivity contribution in [2.75, 3.05) is 0 Å². The van der Waals surface area contributed by atoms with Gasteiger partial charge in [0.25, 0.3) is 0 Å². The van der Waals surface area contributed by atoms with E-state index in [0.29, 0.717) is 0 Å². The van der Waals surface area contributed by atoms with E-state index in [2.05, 4.69) is 15.3 Å². The van der Waals surface area contributed by atoms with E-state index in [1.807, 2.05) is 19.9 Å². The molecule has 0 unspecified atom stereocenters. The van der Waals surface area contributed by atoms with Gasteiger partial charge in [-0.25, -0.2) is 4.68 Å². The van der Waals surface area contributed by atoms with E-state index in [0.717, 1.165) is 11.4 Å². The molecule has 0 amide bonds. The predicted octanol–water partition coefficient (Wildman–Crippen LogP) is -1.15. The summed E-state index contributed by atoms with van der Waals surface area (Å²) in [7, 11) is 0. The SMILES string of the molecule is Cc1cc(C)n(/C(N)=N/N=C(N)N)n1. The Bertz CT molecular complexity index is 383. The minimum atomic E-state index is -0.144. The first kappa shape index (κ1) is 10.0. The second-order valence-electron chi connectivity index (χ2n) is 2.82. The summed E-state index contributed by atoms with van der Waals surface area (Å²) in [5, 5.41) is 11.1. The van der Waals surface area contributed by atoms with Crippen molar-refractivity contribution < 1.29 is 0 Å². The Labute approximate surface area is 81.3 Å². The normalized spacial score (nSPS) is 11.4. The smallest absolute Gasteiger partial charge is 0.241 e. The molecule has 0 fully saturated rings. The van der Waals surface area contributed by atoms with Crippen molar-refractivity contribution >= 4 is 11.9 Å². The maximum Gasteiger partial charge on any atom is 0.241 e. The molecule has 0 atom stereocenters. The third-order valence-corrected chi connectivity index (χ3v) is 1.49. The maximum atomic E-state index is 5.59. The first-order valence-electron chi connectivity index (χ1n) is 3.96. The third-order valence-electron chi connectivity index (χ3n) is 1.49. The minimum absolute atomic E-state index is 0.129. The van der Waals surface area contributed by atoms with Crippen LogP contribution in [0, 0.1) is 13.8 Å². The quantitative estimate of drug-likeness (QED) is 0.297. The van der Waals surface area contributed by atoms with Crippen LogP contribution in [0.2, 0.25) is 0 Å². The van der Waals surface area contributed by atoms with Crippen molar-refractivity contribution in [2.45, 2.75) is 13.8 Å². The summed E-state index contributed by atoms with van der Waals surface area (Å²) in [6.07, 6.45) is 0. The van der Waals surface area contributed by atoms with Crippen molar-refractivity contribution in [1.82, 2.24) is 9.78 Å². The molecule has 0 aliphatic carbocycles. The molecular weight excluding hydrogens is 182 g/mol. The van der Waals surface area contributed by atoms with Crippen molar-refractivity contribution in [1.29, 1.82) is 0 Å². The Hall–Kier alpha value is -2.05. The van der Waals surface area contributed by atoms with Gasteiger partial charge in [0.2, 0.25) is 11.9 Å². The van der Waals surface area contributed by atoms with E-state index >= 15 is 0 Å². The van der Waals surface area contributed by atoms with E-state index in [9.17, 15) is 0 Å². The van der Waals surface area contributed by atoms with Gasteiger partial charge in [-0.15, -0.1) is 10.2 Å². The van der Waals surface area contributed by atoms with Crippen LogP contribution in [0.3, 0.4) is 0 Å². The van der Waals surface area contributed by atoms with Gasteiger partial charge in [0.15, 0.2) is 0 Å². The van der Waals surface area contributed by atoms with Crippen LogP contribution in [-0.4, -0.2) is 21.7 Å². The number of aromatic nitrogens is 2. The van der Waals surface area contributed by atoms with Crippen LogP contribution < -0.4 is 17.2 Å². The van der Waals surface area contributed by atoms with Crippen molar-refractivity contribution in [3.05, 3.63) is 17.5 Å². The number of nitrogens with two attached hydrogens (primary N) is 3. The zero-order valence-electron chi connectivity index (χ0n) is 8.10. The zero-order chi connectivity index (χ0) is 10.7. The lowest BCUT2D eigenvalue weighted by molar-refractivity contribution is 0.861. The summed E-state index contributed by atoms with van der Waals surface area (Å²) in [4.78, 5) is 0. The monoisotopic (exact) mass is 195 g/mol. The zero-order valence-corrected chi connectivity index (χ0v) is 8.10. The second kappa shape index (κ2) is 3.77. The highest BCUT2D eigenvalue weighted by Gasteiger charge is 2.03. The van der Waals surface area contributed by atoms with Crippen molar-refractivity contribution in [3.63, 3.8) is 0 Å². The highest BCUT2D eigenvalue weighted by atomic mass is 15.4. The van der Waals surface area contributed by atoms with E-state index < -0.39 is 0 Å². The lowest BCUT2D eigenvalue weighted by atomic mass is 10.4. The Kier molecular flexibility index (Phi) is 2.70. The first-order chi connectivity index (χ1) is 6.50. The summed E-state index contributed by atoms with van der Waals surface area (Å²) < 4.78 is 1.46. The molecule has 6 N–H and O–H groups in total. The molecule has 0 spiro atoms. The molecule has 76 valence electrons. The maximum absolute atomic E-state index is 5.59. The molecule has 0 aliphatic rings. The van der Waals surface area contributed by atoms with Gasteiger partial charge < -0.3 is 17.2 Å². The summed E-state index contributed by atoms with van der Waals surface area (Å²) in [6.45, 7) is 3.72. The summed E-state index contributed by atoms with van der Waals surface area (Å²) in [5.41, 5.74) is 17.5. The molecular formula is C7H13N7. The Morgan fingerprint density at radius 3 is 2.36 bits per heavy atom. The average molecular weight is 195 g/mol. The lowest BCUT2D eigenvalue weighted by Gasteiger charge is -1.99. The van der Waals surface area contributed by atoms with Crippen LogP contribution in [0.4, 0.5) is 0 Å². The Morgan fingerprint density at radius 1 is 1.29 bits per heavy atom. The van der Waals surface area contributed by atoms with Gasteiger partial charge in [-0.1, -0.05) is 0 Å². The molecule has 0 bridgehead atoms.